The third-order valence-corrected chi connectivity index (χ3v) is 6.48. The molecule has 0 radical (unpaired) electrons. The molecule has 0 aromatic heterocycles. The second-order valence-electron chi connectivity index (χ2n) is 8.56. The van der Waals surface area contributed by atoms with Gasteiger partial charge in [-0.3, -0.25) is 14.9 Å². The number of anilines is 1. The predicted molar refractivity (Wildman–Crippen MR) is 137 cm³/mol. The summed E-state index contributed by atoms with van der Waals surface area (Å²) in [7, 11) is 0. The normalized spacial score (nSPS) is 12.1. The van der Waals surface area contributed by atoms with Gasteiger partial charge in [-0.2, -0.15) is 0 Å². The van der Waals surface area contributed by atoms with Crippen LogP contribution in [0.15, 0.2) is 71.2 Å². The molecule has 0 spiro atoms. The van der Waals surface area contributed by atoms with Gasteiger partial charge in [0, 0.05) is 16.4 Å². The van der Waals surface area contributed by atoms with Crippen molar-refractivity contribution in [3.63, 3.8) is 0 Å². The van der Waals surface area contributed by atoms with Crippen molar-refractivity contribution < 1.29 is 24.2 Å². The molecule has 0 saturated heterocycles. The minimum atomic E-state index is -1.12. The summed E-state index contributed by atoms with van der Waals surface area (Å²) in [5.74, 6) is -1.71. The first-order chi connectivity index (χ1) is 16.8. The van der Waals surface area contributed by atoms with Gasteiger partial charge in [0.2, 0.25) is 0 Å². The first-order valence-corrected chi connectivity index (χ1v) is 12.0. The zero-order valence-corrected chi connectivity index (χ0v) is 20.9. The van der Waals surface area contributed by atoms with E-state index in [1.54, 1.807) is 32.0 Å². The van der Waals surface area contributed by atoms with Gasteiger partial charge in [-0.25, -0.2) is 4.79 Å². The lowest BCUT2D eigenvalue weighted by molar-refractivity contribution is -0.138. The third-order valence-electron chi connectivity index (χ3n) is 5.98. The zero-order chi connectivity index (χ0) is 25.1. The van der Waals surface area contributed by atoms with E-state index in [1.165, 1.54) is 4.90 Å². The van der Waals surface area contributed by atoms with E-state index in [9.17, 15) is 19.5 Å². The van der Waals surface area contributed by atoms with Crippen molar-refractivity contribution in [3.8, 4) is 11.1 Å². The Morgan fingerprint density at radius 1 is 1.00 bits per heavy atom. The number of benzene rings is 3. The van der Waals surface area contributed by atoms with Crippen LogP contribution in [-0.2, 0) is 9.53 Å². The number of nitrogens with zero attached hydrogens (tertiary/aromatic N) is 1. The van der Waals surface area contributed by atoms with Gasteiger partial charge in [-0.05, 0) is 54.3 Å². The molecular formula is C27H25BrN2O5. The van der Waals surface area contributed by atoms with Gasteiger partial charge in [0.1, 0.15) is 13.2 Å². The highest BCUT2D eigenvalue weighted by Gasteiger charge is 2.29. The van der Waals surface area contributed by atoms with E-state index in [0.29, 0.717) is 4.47 Å². The van der Waals surface area contributed by atoms with Crippen LogP contribution in [0.5, 0.6) is 0 Å². The summed E-state index contributed by atoms with van der Waals surface area (Å²) in [6.45, 7) is 3.15. The molecule has 35 heavy (non-hydrogen) atoms. The number of carbonyl (C=O) groups excluding carboxylic acids is 2. The first kappa shape index (κ1) is 24.5. The quantitative estimate of drug-likeness (QED) is 0.401. The summed E-state index contributed by atoms with van der Waals surface area (Å²) < 4.78 is 6.26. The Bertz CT molecular complexity index is 1240. The molecule has 0 aliphatic heterocycles. The predicted octanol–water partition coefficient (Wildman–Crippen LogP) is 5.75. The average molecular weight is 537 g/mol. The van der Waals surface area contributed by atoms with Crippen LogP contribution in [-0.4, -0.2) is 47.2 Å². The van der Waals surface area contributed by atoms with Gasteiger partial charge in [-0.1, -0.05) is 64.5 Å². The Morgan fingerprint density at radius 2 is 1.60 bits per heavy atom. The summed E-state index contributed by atoms with van der Waals surface area (Å²) in [6, 6.07) is 20.6. The van der Waals surface area contributed by atoms with Crippen molar-refractivity contribution in [2.24, 2.45) is 0 Å². The molecule has 8 heteroatoms. The first-order valence-electron chi connectivity index (χ1n) is 11.2. The second-order valence-corrected chi connectivity index (χ2v) is 9.48. The minimum Gasteiger partial charge on any atom is -0.480 e. The van der Waals surface area contributed by atoms with Gasteiger partial charge < -0.3 is 14.7 Å². The van der Waals surface area contributed by atoms with Crippen LogP contribution < -0.4 is 5.32 Å². The lowest BCUT2D eigenvalue weighted by atomic mass is 9.98. The highest BCUT2D eigenvalue weighted by molar-refractivity contribution is 9.10. The summed E-state index contributed by atoms with van der Waals surface area (Å²) in [6.07, 6.45) is -0.701. The van der Waals surface area contributed by atoms with Crippen LogP contribution in [0, 0.1) is 0 Å². The maximum Gasteiger partial charge on any atom is 0.411 e. The largest absolute Gasteiger partial charge is 0.480 e. The molecule has 0 unspecified atom stereocenters. The summed E-state index contributed by atoms with van der Waals surface area (Å²) >= 11 is 3.36. The zero-order valence-electron chi connectivity index (χ0n) is 19.3. The third kappa shape index (κ3) is 5.22. The van der Waals surface area contributed by atoms with Crippen molar-refractivity contribution in [1.29, 1.82) is 0 Å². The molecule has 0 heterocycles. The van der Waals surface area contributed by atoms with Crippen molar-refractivity contribution in [1.82, 2.24) is 4.90 Å². The molecule has 7 nitrogen and oxygen atoms in total. The minimum absolute atomic E-state index is 0.0937. The molecule has 180 valence electrons. The number of rotatable bonds is 7. The second kappa shape index (κ2) is 10.3. The molecule has 0 fully saturated rings. The van der Waals surface area contributed by atoms with Crippen molar-refractivity contribution in [3.05, 3.63) is 87.9 Å². The average Bonchev–Trinajstić information content (AvgIpc) is 3.14. The summed E-state index contributed by atoms with van der Waals surface area (Å²) in [5.41, 5.74) is 4.87. The van der Waals surface area contributed by atoms with E-state index in [2.05, 4.69) is 33.4 Å². The number of ether oxygens (including phenoxy) is 1. The molecule has 1 aliphatic carbocycles. The Kier molecular flexibility index (Phi) is 7.21. The van der Waals surface area contributed by atoms with Crippen LogP contribution in [0.1, 0.15) is 41.3 Å². The summed E-state index contributed by atoms with van der Waals surface area (Å²) in [4.78, 5) is 38.4. The maximum absolute atomic E-state index is 13.1. The fourth-order valence-corrected chi connectivity index (χ4v) is 4.70. The number of carboxylic acids is 1. The van der Waals surface area contributed by atoms with Gasteiger partial charge in [-0.15, -0.1) is 0 Å². The highest BCUT2D eigenvalue weighted by atomic mass is 79.9. The van der Waals surface area contributed by atoms with Gasteiger partial charge in [0.25, 0.3) is 5.91 Å². The topological polar surface area (TPSA) is 95.9 Å². The number of aliphatic carboxylic acids is 1. The monoisotopic (exact) mass is 536 g/mol. The summed E-state index contributed by atoms with van der Waals surface area (Å²) in [5, 5.41) is 11.9. The van der Waals surface area contributed by atoms with Gasteiger partial charge >= 0.3 is 12.1 Å². The SMILES string of the molecule is CC(C)N(CC(=O)O)C(=O)c1ccc(Br)cc1NC(=O)OCC1c2ccccc2-c2ccccc21. The molecule has 0 saturated carbocycles. The number of amides is 2. The van der Waals surface area contributed by atoms with E-state index in [1.807, 2.05) is 36.4 Å². The van der Waals surface area contributed by atoms with Crippen LogP contribution in [0.25, 0.3) is 11.1 Å². The number of halogens is 1. The van der Waals surface area contributed by atoms with E-state index >= 15 is 0 Å². The van der Waals surface area contributed by atoms with Crippen LogP contribution >= 0.6 is 15.9 Å². The molecule has 2 amide bonds. The molecule has 3 aromatic carbocycles. The number of hydrogen-bond donors (Lipinski definition) is 2. The highest BCUT2D eigenvalue weighted by Crippen LogP contribution is 2.44. The number of hydrogen-bond acceptors (Lipinski definition) is 4. The number of fused-ring (bicyclic) bond motifs is 3. The van der Waals surface area contributed by atoms with Crippen LogP contribution in [0.4, 0.5) is 10.5 Å². The van der Waals surface area contributed by atoms with E-state index < -0.39 is 24.5 Å². The maximum atomic E-state index is 13.1. The van der Waals surface area contributed by atoms with Crippen LogP contribution in [0.2, 0.25) is 0 Å². The number of carbonyl (C=O) groups is 3. The standard InChI is InChI=1S/C27H25BrN2O5/c1-16(2)30(14-25(31)32)26(33)22-12-11-17(28)13-24(22)29-27(34)35-15-23-20-9-5-3-7-18(20)19-8-4-6-10-21(19)23/h3-13,16,23H,14-15H2,1-2H3,(H,29,34)(H,31,32). The van der Waals surface area contributed by atoms with Crippen LogP contribution in [0.3, 0.4) is 0 Å². The molecule has 2 N–H and O–H groups in total. The van der Waals surface area contributed by atoms with E-state index in [0.717, 1.165) is 22.3 Å². The number of nitrogens with one attached hydrogen (secondary N) is 1. The molecule has 0 bridgehead atoms. The van der Waals surface area contributed by atoms with Gasteiger partial charge in [0.05, 0.1) is 11.3 Å². The fraction of sp³-hybridized carbons (Fsp3) is 0.222. The van der Waals surface area contributed by atoms with E-state index in [-0.39, 0.29) is 29.8 Å². The lowest BCUT2D eigenvalue weighted by Crippen LogP contribution is -2.41. The van der Waals surface area contributed by atoms with Crippen molar-refractivity contribution in [2.45, 2.75) is 25.8 Å². The Morgan fingerprint density at radius 3 is 2.17 bits per heavy atom. The number of carboxylic acid groups (broad SMARTS) is 1. The van der Waals surface area contributed by atoms with Crippen molar-refractivity contribution >= 4 is 39.6 Å². The molecular weight excluding hydrogens is 512 g/mol. The molecule has 4 rings (SSSR count). The Balaban J connectivity index is 1.52. The Hall–Kier alpha value is -3.65. The molecule has 1 aliphatic rings. The molecule has 0 atom stereocenters. The van der Waals surface area contributed by atoms with E-state index in [4.69, 9.17) is 4.74 Å². The van der Waals surface area contributed by atoms with Gasteiger partial charge in [0.15, 0.2) is 0 Å². The fourth-order valence-electron chi connectivity index (χ4n) is 4.34. The molecule has 3 aromatic rings. The lowest BCUT2D eigenvalue weighted by Gasteiger charge is -2.26. The smallest absolute Gasteiger partial charge is 0.411 e. The van der Waals surface area contributed by atoms with Crippen molar-refractivity contribution in [2.75, 3.05) is 18.5 Å². The Labute approximate surface area is 211 Å².